The first-order valence-corrected chi connectivity index (χ1v) is 10.3. The van der Waals surface area contributed by atoms with Crippen molar-refractivity contribution in [3.05, 3.63) is 69.8 Å². The first-order chi connectivity index (χ1) is 13.8. The highest BCUT2D eigenvalue weighted by Crippen LogP contribution is 2.40. The molecule has 0 aliphatic heterocycles. The zero-order valence-corrected chi connectivity index (χ0v) is 18.5. The lowest BCUT2D eigenvalue weighted by Crippen LogP contribution is -2.27. The molecule has 0 aliphatic rings. The molecule has 0 unspecified atom stereocenters. The number of rotatable bonds is 9. The Morgan fingerprint density at radius 2 is 1.45 bits per heavy atom. The number of likely N-dealkylation sites (N-methyl/N-ethyl adjacent to an activating group) is 1. The van der Waals surface area contributed by atoms with Crippen LogP contribution in [-0.2, 0) is 14.9 Å². The highest BCUT2D eigenvalue weighted by Gasteiger charge is 2.31. The van der Waals surface area contributed by atoms with E-state index in [1.807, 2.05) is 13.0 Å². The van der Waals surface area contributed by atoms with E-state index in [2.05, 4.69) is 63.3 Å². The van der Waals surface area contributed by atoms with Gasteiger partial charge < -0.3 is 10.1 Å². The van der Waals surface area contributed by atoms with Crippen molar-refractivity contribution in [2.45, 2.75) is 52.9 Å². The number of amides is 1. The molecule has 4 nitrogen and oxygen atoms in total. The first-order valence-electron chi connectivity index (χ1n) is 10.3. The van der Waals surface area contributed by atoms with E-state index in [1.54, 1.807) is 7.05 Å². The standard InChI is InChI=1S/C25H33NO3/c1-7-25(8-2,20-10-9-17(3)18(4)13-20)21-11-12-22(19(5)14-21)23(27)15-29-16-24(28)26-6/h9-14H,7-8,15-16H2,1-6H3,(H,26,28). The van der Waals surface area contributed by atoms with Crippen LogP contribution < -0.4 is 5.32 Å². The Bertz CT molecular complexity index is 882. The number of carbonyl (C=O) groups is 2. The minimum Gasteiger partial charge on any atom is -0.363 e. The number of ether oxygens (including phenoxy) is 1. The Balaban J connectivity index is 2.33. The Hall–Kier alpha value is -2.46. The number of aryl methyl sites for hydroxylation is 3. The molecule has 156 valence electrons. The van der Waals surface area contributed by atoms with Gasteiger partial charge >= 0.3 is 0 Å². The van der Waals surface area contributed by atoms with E-state index in [4.69, 9.17) is 4.74 Å². The van der Waals surface area contributed by atoms with Gasteiger partial charge in [-0.05, 0) is 61.4 Å². The third-order valence-electron chi connectivity index (χ3n) is 6.09. The van der Waals surface area contributed by atoms with Crippen molar-refractivity contribution in [2.75, 3.05) is 20.3 Å². The summed E-state index contributed by atoms with van der Waals surface area (Å²) in [6.45, 7) is 10.5. The van der Waals surface area contributed by atoms with Gasteiger partial charge in [-0.2, -0.15) is 0 Å². The molecule has 0 bridgehead atoms. The van der Waals surface area contributed by atoms with Crippen LogP contribution in [0.2, 0.25) is 0 Å². The Morgan fingerprint density at radius 3 is 1.97 bits per heavy atom. The highest BCUT2D eigenvalue weighted by molar-refractivity contribution is 5.98. The van der Waals surface area contributed by atoms with Crippen LogP contribution in [0.4, 0.5) is 0 Å². The summed E-state index contributed by atoms with van der Waals surface area (Å²) in [7, 11) is 1.54. The van der Waals surface area contributed by atoms with Gasteiger partial charge in [0.05, 0.1) is 0 Å². The van der Waals surface area contributed by atoms with Crippen molar-refractivity contribution in [1.29, 1.82) is 0 Å². The molecule has 0 spiro atoms. The average Bonchev–Trinajstić information content (AvgIpc) is 2.71. The second kappa shape index (κ2) is 9.84. The lowest BCUT2D eigenvalue weighted by molar-refractivity contribution is -0.124. The molecular formula is C25H33NO3. The van der Waals surface area contributed by atoms with E-state index < -0.39 is 0 Å². The minimum absolute atomic E-state index is 0.0828. The summed E-state index contributed by atoms with van der Waals surface area (Å²) in [5.74, 6) is -0.350. The number of benzene rings is 2. The van der Waals surface area contributed by atoms with Gasteiger partial charge in [-0.25, -0.2) is 0 Å². The maximum atomic E-state index is 12.5. The third kappa shape index (κ3) is 4.94. The molecule has 4 heteroatoms. The van der Waals surface area contributed by atoms with E-state index in [0.717, 1.165) is 18.4 Å². The predicted molar refractivity (Wildman–Crippen MR) is 118 cm³/mol. The van der Waals surface area contributed by atoms with Gasteiger partial charge in [0.25, 0.3) is 0 Å². The molecule has 0 radical (unpaired) electrons. The zero-order valence-electron chi connectivity index (χ0n) is 18.5. The van der Waals surface area contributed by atoms with E-state index >= 15 is 0 Å². The van der Waals surface area contributed by atoms with Crippen LogP contribution in [0.3, 0.4) is 0 Å². The van der Waals surface area contributed by atoms with Crippen LogP contribution in [0.15, 0.2) is 36.4 Å². The van der Waals surface area contributed by atoms with Crippen molar-refractivity contribution in [2.24, 2.45) is 0 Å². The minimum atomic E-state index is -0.242. The SMILES string of the molecule is CCC(CC)(c1ccc(C)c(C)c1)c1ccc(C(=O)COCC(=O)NC)c(C)c1. The Kier molecular flexibility index (Phi) is 7.74. The molecule has 0 saturated heterocycles. The number of nitrogens with one attached hydrogen (secondary N) is 1. The number of hydrogen-bond acceptors (Lipinski definition) is 3. The van der Waals surface area contributed by atoms with Crippen molar-refractivity contribution in [3.8, 4) is 0 Å². The summed E-state index contributed by atoms with van der Waals surface area (Å²) in [4.78, 5) is 23.8. The van der Waals surface area contributed by atoms with Gasteiger partial charge in [-0.3, -0.25) is 9.59 Å². The van der Waals surface area contributed by atoms with Gasteiger partial charge in [0, 0.05) is 18.0 Å². The molecule has 1 N–H and O–H groups in total. The van der Waals surface area contributed by atoms with Crippen LogP contribution in [0, 0.1) is 20.8 Å². The van der Waals surface area contributed by atoms with Gasteiger partial charge in [0.1, 0.15) is 13.2 Å². The van der Waals surface area contributed by atoms with E-state index in [9.17, 15) is 9.59 Å². The van der Waals surface area contributed by atoms with E-state index in [0.29, 0.717) is 5.56 Å². The van der Waals surface area contributed by atoms with Crippen LogP contribution in [0.1, 0.15) is 64.9 Å². The van der Waals surface area contributed by atoms with E-state index in [1.165, 1.54) is 22.3 Å². The summed E-state index contributed by atoms with van der Waals surface area (Å²) < 4.78 is 5.23. The summed E-state index contributed by atoms with van der Waals surface area (Å²) >= 11 is 0. The fourth-order valence-corrected chi connectivity index (χ4v) is 3.93. The molecule has 0 atom stereocenters. The second-order valence-electron chi connectivity index (χ2n) is 7.71. The zero-order chi connectivity index (χ0) is 21.6. The first kappa shape index (κ1) is 22.8. The number of carbonyl (C=O) groups excluding carboxylic acids is 2. The van der Waals surface area contributed by atoms with Crippen LogP contribution in [0.25, 0.3) is 0 Å². The third-order valence-corrected chi connectivity index (χ3v) is 6.09. The van der Waals surface area contributed by atoms with Gasteiger partial charge in [0.15, 0.2) is 5.78 Å². The van der Waals surface area contributed by atoms with Crippen LogP contribution in [-0.4, -0.2) is 32.0 Å². The van der Waals surface area contributed by atoms with Crippen molar-refractivity contribution in [1.82, 2.24) is 5.32 Å². The summed E-state index contributed by atoms with van der Waals surface area (Å²) in [6, 6.07) is 12.8. The maximum absolute atomic E-state index is 12.5. The molecule has 29 heavy (non-hydrogen) atoms. The maximum Gasteiger partial charge on any atom is 0.245 e. The largest absolute Gasteiger partial charge is 0.363 e. The van der Waals surface area contributed by atoms with Crippen LogP contribution in [0.5, 0.6) is 0 Å². The average molecular weight is 396 g/mol. The quantitative estimate of drug-likeness (QED) is 0.628. The molecule has 1 amide bonds. The molecule has 2 rings (SSSR count). The molecule has 2 aromatic rings. The van der Waals surface area contributed by atoms with E-state index in [-0.39, 0.29) is 30.3 Å². The predicted octanol–water partition coefficient (Wildman–Crippen LogP) is 4.66. The lowest BCUT2D eigenvalue weighted by atomic mass is 9.69. The number of hydrogen-bond donors (Lipinski definition) is 1. The molecule has 0 fully saturated rings. The highest BCUT2D eigenvalue weighted by atomic mass is 16.5. The Morgan fingerprint density at radius 1 is 0.862 bits per heavy atom. The normalized spacial score (nSPS) is 11.4. The molecule has 0 aliphatic carbocycles. The van der Waals surface area contributed by atoms with Crippen molar-refractivity contribution >= 4 is 11.7 Å². The topological polar surface area (TPSA) is 55.4 Å². The van der Waals surface area contributed by atoms with Gasteiger partial charge in [0.2, 0.25) is 5.91 Å². The molecule has 0 heterocycles. The molecule has 2 aromatic carbocycles. The summed E-state index contributed by atoms with van der Waals surface area (Å²) in [5.41, 5.74) is 6.64. The fraction of sp³-hybridized carbons (Fsp3) is 0.440. The molecule has 0 aromatic heterocycles. The van der Waals surface area contributed by atoms with Crippen molar-refractivity contribution in [3.63, 3.8) is 0 Å². The van der Waals surface area contributed by atoms with Crippen molar-refractivity contribution < 1.29 is 14.3 Å². The van der Waals surface area contributed by atoms with Gasteiger partial charge in [-0.15, -0.1) is 0 Å². The molecule has 0 saturated carbocycles. The van der Waals surface area contributed by atoms with Gasteiger partial charge in [-0.1, -0.05) is 50.2 Å². The molecular weight excluding hydrogens is 362 g/mol. The number of ketones is 1. The monoisotopic (exact) mass is 395 g/mol. The fourth-order valence-electron chi connectivity index (χ4n) is 3.93. The second-order valence-corrected chi connectivity index (χ2v) is 7.71. The Labute approximate surface area is 174 Å². The van der Waals surface area contributed by atoms with Crippen LogP contribution >= 0.6 is 0 Å². The lowest BCUT2D eigenvalue weighted by Gasteiger charge is -2.34. The number of Topliss-reactive ketones (excluding diaryl/α,β-unsaturated/α-hetero) is 1. The summed E-state index contributed by atoms with van der Waals surface area (Å²) in [5, 5.41) is 2.47. The smallest absolute Gasteiger partial charge is 0.245 e. The summed E-state index contributed by atoms with van der Waals surface area (Å²) in [6.07, 6.45) is 1.96.